The van der Waals surface area contributed by atoms with Gasteiger partial charge in [-0.2, -0.15) is 0 Å². The number of rotatable bonds is 5. The molecule has 178 valence electrons. The molecule has 3 aromatic carbocycles. The summed E-state index contributed by atoms with van der Waals surface area (Å²) in [6, 6.07) is 13.6. The molecule has 1 aliphatic carbocycles. The molecule has 1 aromatic heterocycles. The van der Waals surface area contributed by atoms with Crippen LogP contribution in [0.3, 0.4) is 0 Å². The Morgan fingerprint density at radius 3 is 2.46 bits per heavy atom. The summed E-state index contributed by atoms with van der Waals surface area (Å²) in [5.74, 6) is -0.291. The number of nitrogens with two attached hydrogens (primary N) is 1. The summed E-state index contributed by atoms with van der Waals surface area (Å²) >= 11 is 18.7. The smallest absolute Gasteiger partial charge is 0.257 e. The molecular formula is C26H21Cl3N4O2. The van der Waals surface area contributed by atoms with E-state index in [4.69, 9.17) is 45.5 Å². The SMILES string of the molecule is Cc1c(Cl)cccc1-n1c(C2(C)CC2)nc2c(C(N)=O)cc(NC(=O)c3cc(Cl)ccc3Cl)cc21. The van der Waals surface area contributed by atoms with Crippen molar-refractivity contribution in [3.63, 3.8) is 0 Å². The zero-order chi connectivity index (χ0) is 25.1. The minimum absolute atomic E-state index is 0.138. The zero-order valence-electron chi connectivity index (χ0n) is 19.0. The summed E-state index contributed by atoms with van der Waals surface area (Å²) in [6.07, 6.45) is 1.94. The van der Waals surface area contributed by atoms with Gasteiger partial charge in [-0.3, -0.25) is 14.2 Å². The van der Waals surface area contributed by atoms with Crippen molar-refractivity contribution in [1.29, 1.82) is 0 Å². The van der Waals surface area contributed by atoms with Crippen LogP contribution in [0, 0.1) is 6.92 Å². The highest BCUT2D eigenvalue weighted by molar-refractivity contribution is 6.36. The summed E-state index contributed by atoms with van der Waals surface area (Å²) < 4.78 is 2.01. The van der Waals surface area contributed by atoms with Gasteiger partial charge in [-0.1, -0.05) is 47.8 Å². The standard InChI is InChI=1S/C26H21Cl3N4O2/c1-13-18(28)4-3-5-20(13)33-21-12-15(31-24(35)16-10-14(27)6-7-19(16)29)11-17(23(30)34)22(21)32-25(33)26(2)8-9-26/h3-7,10-12H,8-9H2,1-2H3,(H2,30,34)(H,31,35). The third-order valence-electron chi connectivity index (χ3n) is 6.48. The monoisotopic (exact) mass is 526 g/mol. The number of anilines is 1. The molecule has 4 aromatic rings. The Bertz CT molecular complexity index is 1540. The average Bonchev–Trinajstić information content (AvgIpc) is 3.44. The lowest BCUT2D eigenvalue weighted by atomic mass is 10.1. The fraction of sp³-hybridized carbons (Fsp3) is 0.192. The molecule has 2 amide bonds. The second-order valence-electron chi connectivity index (χ2n) is 9.05. The molecular weight excluding hydrogens is 507 g/mol. The molecule has 0 bridgehead atoms. The molecule has 35 heavy (non-hydrogen) atoms. The van der Waals surface area contributed by atoms with Crippen LogP contribution in [0.4, 0.5) is 5.69 Å². The number of halogens is 3. The number of amides is 2. The van der Waals surface area contributed by atoms with Crippen LogP contribution in [0.2, 0.25) is 15.1 Å². The van der Waals surface area contributed by atoms with E-state index < -0.39 is 11.8 Å². The van der Waals surface area contributed by atoms with E-state index in [1.807, 2.05) is 29.7 Å². The Kier molecular flexibility index (Phi) is 5.79. The van der Waals surface area contributed by atoms with Gasteiger partial charge in [-0.25, -0.2) is 4.98 Å². The Hall–Kier alpha value is -3.06. The van der Waals surface area contributed by atoms with Crippen LogP contribution in [-0.4, -0.2) is 21.4 Å². The Labute approximate surface area is 217 Å². The highest BCUT2D eigenvalue weighted by atomic mass is 35.5. The average molecular weight is 528 g/mol. The first kappa shape index (κ1) is 23.7. The maximum atomic E-state index is 13.0. The predicted octanol–water partition coefficient (Wildman–Crippen LogP) is 6.70. The van der Waals surface area contributed by atoms with E-state index in [1.165, 1.54) is 12.1 Å². The second-order valence-corrected chi connectivity index (χ2v) is 10.3. The van der Waals surface area contributed by atoms with Gasteiger partial charge in [-0.15, -0.1) is 0 Å². The van der Waals surface area contributed by atoms with Gasteiger partial charge in [0.1, 0.15) is 11.3 Å². The fourth-order valence-electron chi connectivity index (χ4n) is 4.21. The maximum absolute atomic E-state index is 13.0. The van der Waals surface area contributed by atoms with Crippen molar-refractivity contribution >= 4 is 63.3 Å². The Morgan fingerprint density at radius 1 is 1.03 bits per heavy atom. The molecule has 1 saturated carbocycles. The molecule has 6 nitrogen and oxygen atoms in total. The molecule has 9 heteroatoms. The first-order chi connectivity index (χ1) is 16.6. The van der Waals surface area contributed by atoms with E-state index in [2.05, 4.69) is 12.2 Å². The number of hydrogen-bond donors (Lipinski definition) is 2. The number of primary amides is 1. The van der Waals surface area contributed by atoms with E-state index in [9.17, 15) is 9.59 Å². The van der Waals surface area contributed by atoms with Gasteiger partial charge in [0.2, 0.25) is 0 Å². The number of aromatic nitrogens is 2. The number of carbonyl (C=O) groups excluding carboxylic acids is 2. The van der Waals surface area contributed by atoms with Crippen molar-refractivity contribution in [1.82, 2.24) is 9.55 Å². The Morgan fingerprint density at radius 2 is 1.77 bits per heavy atom. The van der Waals surface area contributed by atoms with Gasteiger partial charge in [0.25, 0.3) is 11.8 Å². The highest BCUT2D eigenvalue weighted by Crippen LogP contribution is 2.49. The van der Waals surface area contributed by atoms with Crippen LogP contribution in [0.1, 0.15) is 51.9 Å². The molecule has 0 saturated heterocycles. The normalized spacial score (nSPS) is 14.2. The summed E-state index contributed by atoms with van der Waals surface area (Å²) in [7, 11) is 0. The molecule has 1 aliphatic rings. The van der Waals surface area contributed by atoms with Gasteiger partial charge >= 0.3 is 0 Å². The van der Waals surface area contributed by atoms with E-state index in [0.717, 1.165) is 29.9 Å². The third-order valence-corrected chi connectivity index (χ3v) is 7.45. The van der Waals surface area contributed by atoms with Crippen molar-refractivity contribution < 1.29 is 9.59 Å². The zero-order valence-corrected chi connectivity index (χ0v) is 21.2. The van der Waals surface area contributed by atoms with Crippen LogP contribution >= 0.6 is 34.8 Å². The minimum atomic E-state index is -0.646. The van der Waals surface area contributed by atoms with E-state index in [-0.39, 0.29) is 21.6 Å². The number of carbonyl (C=O) groups is 2. The van der Waals surface area contributed by atoms with Gasteiger partial charge in [-0.05, 0) is 67.8 Å². The molecule has 0 radical (unpaired) electrons. The van der Waals surface area contributed by atoms with Crippen molar-refractivity contribution in [2.24, 2.45) is 5.73 Å². The number of benzene rings is 3. The molecule has 1 heterocycles. The Balaban J connectivity index is 1.73. The van der Waals surface area contributed by atoms with Crippen molar-refractivity contribution in [3.05, 3.63) is 86.1 Å². The lowest BCUT2D eigenvalue weighted by molar-refractivity contribution is 0.0997. The van der Waals surface area contributed by atoms with Crippen LogP contribution in [0.5, 0.6) is 0 Å². The van der Waals surface area contributed by atoms with Crippen LogP contribution in [0.15, 0.2) is 48.5 Å². The van der Waals surface area contributed by atoms with Crippen molar-refractivity contribution in [3.8, 4) is 5.69 Å². The topological polar surface area (TPSA) is 90.0 Å². The lowest BCUT2D eigenvalue weighted by Crippen LogP contribution is -2.15. The number of nitrogens with one attached hydrogen (secondary N) is 1. The van der Waals surface area contributed by atoms with Crippen LogP contribution < -0.4 is 11.1 Å². The van der Waals surface area contributed by atoms with Crippen LogP contribution in [0.25, 0.3) is 16.7 Å². The molecule has 0 aliphatic heterocycles. The quantitative estimate of drug-likeness (QED) is 0.303. The van der Waals surface area contributed by atoms with Crippen molar-refractivity contribution in [2.45, 2.75) is 32.1 Å². The lowest BCUT2D eigenvalue weighted by Gasteiger charge is -2.17. The van der Waals surface area contributed by atoms with Gasteiger partial charge in [0.15, 0.2) is 0 Å². The molecule has 5 rings (SSSR count). The minimum Gasteiger partial charge on any atom is -0.366 e. The number of imidazole rings is 1. The van der Waals surface area contributed by atoms with Gasteiger partial charge < -0.3 is 11.1 Å². The number of hydrogen-bond acceptors (Lipinski definition) is 3. The predicted molar refractivity (Wildman–Crippen MR) is 140 cm³/mol. The number of fused-ring (bicyclic) bond motifs is 1. The highest BCUT2D eigenvalue weighted by Gasteiger charge is 2.44. The first-order valence-corrected chi connectivity index (χ1v) is 12.1. The van der Waals surface area contributed by atoms with Gasteiger partial charge in [0.05, 0.1) is 27.4 Å². The maximum Gasteiger partial charge on any atom is 0.257 e. The number of nitrogens with zero attached hydrogens (tertiary/aromatic N) is 2. The summed E-state index contributed by atoms with van der Waals surface area (Å²) in [4.78, 5) is 30.4. The summed E-state index contributed by atoms with van der Waals surface area (Å²) in [5.41, 5.74) is 9.24. The molecule has 0 atom stereocenters. The van der Waals surface area contributed by atoms with Crippen molar-refractivity contribution in [2.75, 3.05) is 5.32 Å². The van der Waals surface area contributed by atoms with E-state index in [1.54, 1.807) is 18.2 Å². The van der Waals surface area contributed by atoms with Crippen LogP contribution in [-0.2, 0) is 5.41 Å². The second kappa shape index (κ2) is 8.55. The van der Waals surface area contributed by atoms with E-state index >= 15 is 0 Å². The molecule has 0 unspecified atom stereocenters. The van der Waals surface area contributed by atoms with Gasteiger partial charge in [0, 0.05) is 21.1 Å². The molecule has 3 N–H and O–H groups in total. The first-order valence-electron chi connectivity index (χ1n) is 11.0. The summed E-state index contributed by atoms with van der Waals surface area (Å²) in [5, 5.41) is 4.08. The molecule has 0 spiro atoms. The fourth-order valence-corrected chi connectivity index (χ4v) is 4.75. The third kappa shape index (κ3) is 4.16. The summed E-state index contributed by atoms with van der Waals surface area (Å²) in [6.45, 7) is 4.07. The molecule has 1 fully saturated rings. The largest absolute Gasteiger partial charge is 0.366 e. The van der Waals surface area contributed by atoms with E-state index in [0.29, 0.717) is 26.8 Å².